The molecular formula is C42H40F3N3O7S2. The van der Waals surface area contributed by atoms with Gasteiger partial charge in [0.05, 0.1) is 16.4 Å². The summed E-state index contributed by atoms with van der Waals surface area (Å²) < 4.78 is 106. The number of anilines is 2. The number of nitrogens with one attached hydrogen (secondary N) is 2. The summed E-state index contributed by atoms with van der Waals surface area (Å²) in [4.78, 5) is 15.5. The Hall–Kier alpha value is -5.51. The lowest BCUT2D eigenvalue weighted by Gasteiger charge is -2.25. The first-order valence-electron chi connectivity index (χ1n) is 17.8. The summed E-state index contributed by atoms with van der Waals surface area (Å²) in [6.45, 7) is 11.4. The van der Waals surface area contributed by atoms with Crippen LogP contribution in [-0.4, -0.2) is 28.3 Å². The zero-order valence-electron chi connectivity index (χ0n) is 31.9. The van der Waals surface area contributed by atoms with Gasteiger partial charge in [0.2, 0.25) is 11.0 Å². The second-order valence-corrected chi connectivity index (χ2v) is 17.7. The molecule has 0 saturated carbocycles. The summed E-state index contributed by atoms with van der Waals surface area (Å²) in [6, 6.07) is 26.7. The Morgan fingerprint density at radius 1 is 0.825 bits per heavy atom. The van der Waals surface area contributed by atoms with Gasteiger partial charge in [-0.05, 0) is 70.9 Å². The van der Waals surface area contributed by atoms with E-state index in [-0.39, 0.29) is 35.0 Å². The van der Waals surface area contributed by atoms with Crippen molar-refractivity contribution in [3.05, 3.63) is 129 Å². The van der Waals surface area contributed by atoms with Crippen molar-refractivity contribution in [2.24, 2.45) is 5.41 Å². The summed E-state index contributed by atoms with van der Waals surface area (Å²) in [7, 11) is -11.8. The van der Waals surface area contributed by atoms with Crippen LogP contribution in [0.3, 0.4) is 0 Å². The fourth-order valence-electron chi connectivity index (χ4n) is 6.26. The molecule has 10 nitrogen and oxygen atoms in total. The Kier molecular flexibility index (Phi) is 11.1. The van der Waals surface area contributed by atoms with Gasteiger partial charge in [-0.2, -0.15) is 13.2 Å². The first kappa shape index (κ1) is 41.1. The molecule has 1 heterocycles. The van der Waals surface area contributed by atoms with Gasteiger partial charge in [-0.1, -0.05) is 61.5 Å². The van der Waals surface area contributed by atoms with E-state index in [1.165, 1.54) is 18.2 Å². The van der Waals surface area contributed by atoms with E-state index in [1.54, 1.807) is 36.4 Å². The van der Waals surface area contributed by atoms with Crippen LogP contribution in [0.5, 0.6) is 0 Å². The molecule has 0 unspecified atom stereocenters. The number of alkyl halides is 3. The fourth-order valence-corrected chi connectivity index (χ4v) is 8.65. The van der Waals surface area contributed by atoms with Gasteiger partial charge in [-0.15, -0.1) is 0 Å². The van der Waals surface area contributed by atoms with Gasteiger partial charge >= 0.3 is 11.5 Å². The maximum Gasteiger partial charge on any atom is 0.480 e. The molecule has 0 bridgehead atoms. The standard InChI is InChI=1S/C42H39F3N3O7S2/c1-7-41(5,6)40(49)54-24-28-15-11-14-27(4)39(28)47-30-19-21-32-35(23-30)55-34-22-29(46-38-25(2)12-10-13-26(38)3)18-20-31(34)37(32)33-16-8-9-17-36(33)56(50,51)48-57(52,53)42(43,44)45/h8-23H,7,24H2,1-6H3,(H,46,47)/q-1/p+1. The number of ether oxygens (including phenoxy) is 1. The average Bonchev–Trinajstić information content (AvgIpc) is 3.14. The summed E-state index contributed by atoms with van der Waals surface area (Å²) >= 11 is 0. The van der Waals surface area contributed by atoms with E-state index < -0.39 is 35.9 Å². The molecule has 1 aliphatic carbocycles. The molecule has 15 heteroatoms. The highest BCUT2D eigenvalue weighted by molar-refractivity contribution is 8.12. The van der Waals surface area contributed by atoms with Crippen molar-refractivity contribution in [2.45, 2.75) is 65.0 Å². The first-order valence-corrected chi connectivity index (χ1v) is 20.7. The van der Waals surface area contributed by atoms with Crippen LogP contribution < -0.4 is 15.7 Å². The van der Waals surface area contributed by atoms with Gasteiger partial charge in [0.15, 0.2) is 10.0 Å². The van der Waals surface area contributed by atoms with E-state index in [1.807, 2.05) is 77.9 Å². The highest BCUT2D eigenvalue weighted by Gasteiger charge is 2.41. The third-order valence-corrected chi connectivity index (χ3v) is 12.9. The highest BCUT2D eigenvalue weighted by Crippen LogP contribution is 2.44. The normalized spacial score (nSPS) is 13.0. The zero-order chi connectivity index (χ0) is 41.5. The van der Waals surface area contributed by atoms with Crippen LogP contribution >= 0.6 is 0 Å². The smallest absolute Gasteiger partial charge is 0.460 e. The van der Waals surface area contributed by atoms with Crippen LogP contribution in [-0.2, 0) is 36.2 Å². The lowest BCUT2D eigenvalue weighted by Crippen LogP contribution is -2.71. The molecule has 6 rings (SSSR count). The Bertz CT molecular complexity index is 2780. The number of rotatable bonds is 11. The summed E-state index contributed by atoms with van der Waals surface area (Å²) in [5.41, 5.74) is -0.178. The van der Waals surface area contributed by atoms with Crippen LogP contribution in [0, 0.1) is 26.2 Å². The van der Waals surface area contributed by atoms with Crippen molar-refractivity contribution in [1.29, 1.82) is 0 Å². The minimum Gasteiger partial charge on any atom is -0.460 e. The Balaban J connectivity index is 1.55. The third kappa shape index (κ3) is 8.46. The predicted molar refractivity (Wildman–Crippen MR) is 212 cm³/mol. The number of nitrogens with zero attached hydrogens (tertiary/aromatic N) is 1. The zero-order valence-corrected chi connectivity index (χ0v) is 33.5. The number of carbonyl (C=O) groups is 1. The molecular weight excluding hydrogens is 780 g/mol. The molecule has 0 atom stereocenters. The van der Waals surface area contributed by atoms with E-state index >= 15 is 0 Å². The van der Waals surface area contributed by atoms with Crippen molar-refractivity contribution in [2.75, 3.05) is 5.32 Å². The largest absolute Gasteiger partial charge is 0.480 e. The van der Waals surface area contributed by atoms with Crippen molar-refractivity contribution >= 4 is 54.0 Å². The van der Waals surface area contributed by atoms with E-state index in [2.05, 4.69) is 14.4 Å². The number of esters is 1. The maximum atomic E-state index is 13.4. The number of fused-ring (bicyclic) bond motifs is 2. The highest BCUT2D eigenvalue weighted by atomic mass is 32.3. The van der Waals surface area contributed by atoms with E-state index in [9.17, 15) is 34.8 Å². The van der Waals surface area contributed by atoms with Crippen LogP contribution in [0.25, 0.3) is 37.5 Å². The number of aryl methyl sites for hydroxylation is 3. The molecule has 1 aliphatic heterocycles. The Labute approximate surface area is 328 Å². The summed E-state index contributed by atoms with van der Waals surface area (Å²) in [6.07, 6.45) is 0.600. The number of halogens is 3. The van der Waals surface area contributed by atoms with Crippen LogP contribution in [0.2, 0.25) is 0 Å². The van der Waals surface area contributed by atoms with Crippen molar-refractivity contribution in [1.82, 2.24) is 0 Å². The average molecular weight is 820 g/mol. The SMILES string of the molecule is CCC(C)(C)C(=O)OCc1cccc(C)c1Nc1ccc2c(-c3ccccc3S(=O)(=O)[N-]S(=O)(=O)C(F)(F)F)c3ccc(=[NH+]c4c(C)cccc4C)cc-3oc2c1. The molecule has 4 aromatic rings. The number of hydrogen-bond acceptors (Lipinski definition) is 8. The Morgan fingerprint density at radius 2 is 1.49 bits per heavy atom. The maximum absolute atomic E-state index is 13.4. The Morgan fingerprint density at radius 3 is 2.18 bits per heavy atom. The number of para-hydroxylation sites is 2. The van der Waals surface area contributed by atoms with Gasteiger partial charge in [0.1, 0.15) is 28.0 Å². The van der Waals surface area contributed by atoms with Gasteiger partial charge in [0, 0.05) is 62.3 Å². The molecule has 4 aromatic carbocycles. The number of hydrogen-bond donors (Lipinski definition) is 2. The minimum absolute atomic E-state index is 0.00945. The molecule has 0 amide bonds. The number of benzene rings is 5. The van der Waals surface area contributed by atoms with Crippen molar-refractivity contribution in [3.63, 3.8) is 0 Å². The first-order chi connectivity index (χ1) is 26.7. The molecule has 2 aliphatic rings. The van der Waals surface area contributed by atoms with E-state index in [0.29, 0.717) is 39.7 Å². The molecule has 0 spiro atoms. The molecule has 2 N–H and O–H groups in total. The van der Waals surface area contributed by atoms with Gasteiger partial charge < -0.3 is 18.6 Å². The van der Waals surface area contributed by atoms with Gasteiger partial charge in [-0.25, -0.2) is 21.8 Å². The third-order valence-electron chi connectivity index (χ3n) is 9.82. The molecule has 0 fully saturated rings. The lowest BCUT2D eigenvalue weighted by molar-refractivity contribution is -0.403. The molecule has 0 aromatic heterocycles. The molecule has 0 radical (unpaired) electrons. The van der Waals surface area contributed by atoms with Gasteiger partial charge in [-0.3, -0.25) is 4.79 Å². The van der Waals surface area contributed by atoms with Crippen LogP contribution in [0.15, 0.2) is 106 Å². The fraction of sp³-hybridized carbons (Fsp3) is 0.238. The topological polar surface area (TPSA) is 148 Å². The molecule has 57 heavy (non-hydrogen) atoms. The quantitative estimate of drug-likeness (QED) is 0.0976. The second kappa shape index (κ2) is 15.4. The summed E-state index contributed by atoms with van der Waals surface area (Å²) in [5, 5.41) is 4.39. The predicted octanol–water partition coefficient (Wildman–Crippen LogP) is 8.58. The minimum atomic E-state index is -6.42. The second-order valence-electron chi connectivity index (χ2n) is 14.3. The van der Waals surface area contributed by atoms with Crippen LogP contribution in [0.1, 0.15) is 49.4 Å². The van der Waals surface area contributed by atoms with Crippen molar-refractivity contribution in [3.8, 4) is 22.5 Å². The van der Waals surface area contributed by atoms with Crippen LogP contribution in [0.4, 0.5) is 30.2 Å². The van der Waals surface area contributed by atoms with Crippen molar-refractivity contribution < 1.29 is 48.9 Å². The lowest BCUT2D eigenvalue weighted by atomic mass is 9.91. The molecule has 298 valence electrons. The molecule has 0 saturated heterocycles. The monoisotopic (exact) mass is 819 g/mol. The van der Waals surface area contributed by atoms with E-state index in [0.717, 1.165) is 28.4 Å². The van der Waals surface area contributed by atoms with E-state index in [4.69, 9.17) is 9.15 Å². The van der Waals surface area contributed by atoms with Gasteiger partial charge in [0.25, 0.3) is 0 Å². The number of carbonyl (C=O) groups excluding carboxylic acids is 1. The number of sulfonamides is 2. The summed E-state index contributed by atoms with van der Waals surface area (Å²) in [5.74, 6) is -0.0566.